The van der Waals surface area contributed by atoms with Crippen molar-refractivity contribution in [1.29, 1.82) is 0 Å². The van der Waals surface area contributed by atoms with Gasteiger partial charge < -0.3 is 10.4 Å². The van der Waals surface area contributed by atoms with Crippen molar-refractivity contribution in [2.75, 3.05) is 13.1 Å². The van der Waals surface area contributed by atoms with Crippen molar-refractivity contribution < 1.29 is 5.11 Å². The molecule has 1 unspecified atom stereocenters. The second kappa shape index (κ2) is 4.34. The Labute approximate surface area is 104 Å². The van der Waals surface area contributed by atoms with Crippen LogP contribution in [0.15, 0.2) is 12.1 Å². The third kappa shape index (κ3) is 2.32. The molecule has 2 N–H and O–H groups in total. The zero-order valence-corrected chi connectivity index (χ0v) is 11.3. The lowest BCUT2D eigenvalue weighted by Crippen LogP contribution is -2.14. The fourth-order valence-electron chi connectivity index (χ4n) is 2.73. The molecule has 0 radical (unpaired) electrons. The Balaban J connectivity index is 2.50. The van der Waals surface area contributed by atoms with Gasteiger partial charge in [-0.1, -0.05) is 32.9 Å². The number of rotatable bonds is 1. The number of nitrogens with one attached hydrogen (secondary N) is 1. The topological polar surface area (TPSA) is 32.3 Å². The van der Waals surface area contributed by atoms with Crippen molar-refractivity contribution in [3.05, 3.63) is 28.8 Å². The highest BCUT2D eigenvalue weighted by atomic mass is 16.3. The Bertz CT molecular complexity index is 412. The van der Waals surface area contributed by atoms with Gasteiger partial charge >= 0.3 is 0 Å². The third-order valence-electron chi connectivity index (χ3n) is 3.71. The Morgan fingerprint density at radius 1 is 1.29 bits per heavy atom. The molecule has 0 aliphatic carbocycles. The second-order valence-electron chi connectivity index (χ2n) is 6.13. The average molecular weight is 233 g/mol. The largest absolute Gasteiger partial charge is 0.507 e. The van der Waals surface area contributed by atoms with Crippen LogP contribution in [-0.4, -0.2) is 18.2 Å². The van der Waals surface area contributed by atoms with Crippen molar-refractivity contribution in [3.63, 3.8) is 0 Å². The molecule has 2 rings (SSSR count). The number of hydrogen-bond acceptors (Lipinski definition) is 2. The molecule has 2 nitrogen and oxygen atoms in total. The van der Waals surface area contributed by atoms with Gasteiger partial charge in [-0.25, -0.2) is 0 Å². The van der Waals surface area contributed by atoms with Gasteiger partial charge in [0.15, 0.2) is 0 Å². The molecule has 1 atom stereocenters. The summed E-state index contributed by atoms with van der Waals surface area (Å²) in [5.74, 6) is 0.989. The fourth-order valence-corrected chi connectivity index (χ4v) is 2.73. The Kier molecular flexibility index (Phi) is 3.17. The van der Waals surface area contributed by atoms with Crippen LogP contribution in [-0.2, 0) is 5.41 Å². The lowest BCUT2D eigenvalue weighted by Gasteiger charge is -2.25. The van der Waals surface area contributed by atoms with Crippen LogP contribution in [0.25, 0.3) is 0 Å². The zero-order valence-electron chi connectivity index (χ0n) is 11.3. The number of hydrogen-bond donors (Lipinski definition) is 2. The van der Waals surface area contributed by atoms with Gasteiger partial charge in [-0.3, -0.25) is 0 Å². The number of phenols is 1. The highest BCUT2D eigenvalue weighted by Crippen LogP contribution is 2.39. The molecule has 1 aliphatic heterocycles. The van der Waals surface area contributed by atoms with Crippen LogP contribution in [0.5, 0.6) is 5.75 Å². The van der Waals surface area contributed by atoms with Gasteiger partial charge in [-0.2, -0.15) is 0 Å². The minimum absolute atomic E-state index is 0.00142. The highest BCUT2D eigenvalue weighted by Gasteiger charge is 2.26. The second-order valence-corrected chi connectivity index (χ2v) is 6.13. The van der Waals surface area contributed by atoms with Crippen LogP contribution in [0.2, 0.25) is 0 Å². The molecule has 1 heterocycles. The summed E-state index contributed by atoms with van der Waals surface area (Å²) >= 11 is 0. The SMILES string of the molecule is Cc1ccc(C(C)(C)C)c(O)c1C1CCNC1. The van der Waals surface area contributed by atoms with E-state index >= 15 is 0 Å². The van der Waals surface area contributed by atoms with E-state index in [0.29, 0.717) is 11.7 Å². The van der Waals surface area contributed by atoms with E-state index in [1.54, 1.807) is 0 Å². The quantitative estimate of drug-likeness (QED) is 0.781. The van der Waals surface area contributed by atoms with E-state index in [1.165, 1.54) is 5.56 Å². The summed E-state index contributed by atoms with van der Waals surface area (Å²) in [6, 6.07) is 4.21. The summed E-state index contributed by atoms with van der Waals surface area (Å²) in [5.41, 5.74) is 3.43. The first-order valence-corrected chi connectivity index (χ1v) is 6.45. The lowest BCUT2D eigenvalue weighted by molar-refractivity contribution is 0.435. The Morgan fingerprint density at radius 2 is 2.00 bits per heavy atom. The molecule has 2 heteroatoms. The maximum absolute atomic E-state index is 10.5. The molecule has 0 saturated carbocycles. The van der Waals surface area contributed by atoms with Crippen LogP contribution < -0.4 is 5.32 Å². The van der Waals surface area contributed by atoms with Crippen LogP contribution in [0, 0.1) is 6.92 Å². The van der Waals surface area contributed by atoms with Gasteiger partial charge in [0.1, 0.15) is 5.75 Å². The highest BCUT2D eigenvalue weighted by molar-refractivity contribution is 5.50. The minimum atomic E-state index is -0.00142. The van der Waals surface area contributed by atoms with Gasteiger partial charge in [-0.05, 0) is 36.4 Å². The van der Waals surface area contributed by atoms with Crippen molar-refractivity contribution in [2.45, 2.75) is 45.4 Å². The van der Waals surface area contributed by atoms with E-state index in [4.69, 9.17) is 0 Å². The van der Waals surface area contributed by atoms with E-state index in [-0.39, 0.29) is 5.41 Å². The molecule has 94 valence electrons. The summed E-state index contributed by atoms with van der Waals surface area (Å²) in [6.45, 7) is 10.6. The predicted molar refractivity (Wildman–Crippen MR) is 71.8 cm³/mol. The molecule has 1 aromatic carbocycles. The number of aryl methyl sites for hydroxylation is 1. The zero-order chi connectivity index (χ0) is 12.6. The average Bonchev–Trinajstić information content (AvgIpc) is 2.68. The summed E-state index contributed by atoms with van der Waals surface area (Å²) in [5, 5.41) is 13.9. The maximum Gasteiger partial charge on any atom is 0.123 e. The molecular weight excluding hydrogens is 210 g/mol. The Hall–Kier alpha value is -1.02. The fraction of sp³-hybridized carbons (Fsp3) is 0.600. The first-order chi connectivity index (χ1) is 7.91. The molecule has 0 aromatic heterocycles. The van der Waals surface area contributed by atoms with E-state index < -0.39 is 0 Å². The molecule has 0 amide bonds. The number of aromatic hydroxyl groups is 1. The van der Waals surface area contributed by atoms with Crippen LogP contribution in [0.4, 0.5) is 0 Å². The summed E-state index contributed by atoms with van der Waals surface area (Å²) in [4.78, 5) is 0. The lowest BCUT2D eigenvalue weighted by atomic mass is 9.81. The predicted octanol–water partition coefficient (Wildman–Crippen LogP) is 3.08. The van der Waals surface area contributed by atoms with Crippen LogP contribution >= 0.6 is 0 Å². The summed E-state index contributed by atoms with van der Waals surface area (Å²) in [7, 11) is 0. The van der Waals surface area contributed by atoms with E-state index in [0.717, 1.165) is 30.6 Å². The van der Waals surface area contributed by atoms with Gasteiger partial charge in [0.2, 0.25) is 0 Å². The maximum atomic E-state index is 10.5. The van der Waals surface area contributed by atoms with E-state index in [1.807, 2.05) is 0 Å². The van der Waals surface area contributed by atoms with Gasteiger partial charge in [0, 0.05) is 18.0 Å². The smallest absolute Gasteiger partial charge is 0.123 e. The molecule has 17 heavy (non-hydrogen) atoms. The van der Waals surface area contributed by atoms with Crippen molar-refractivity contribution in [1.82, 2.24) is 5.32 Å². The van der Waals surface area contributed by atoms with Crippen LogP contribution in [0.1, 0.15) is 49.8 Å². The summed E-state index contributed by atoms with van der Waals surface area (Å²) < 4.78 is 0. The van der Waals surface area contributed by atoms with E-state index in [2.05, 4.69) is 45.1 Å². The van der Waals surface area contributed by atoms with Gasteiger partial charge in [0.05, 0.1) is 0 Å². The number of benzene rings is 1. The van der Waals surface area contributed by atoms with Crippen molar-refractivity contribution in [3.8, 4) is 5.75 Å². The van der Waals surface area contributed by atoms with Crippen LogP contribution in [0.3, 0.4) is 0 Å². The molecule has 1 aromatic rings. The first-order valence-electron chi connectivity index (χ1n) is 6.45. The Morgan fingerprint density at radius 3 is 2.53 bits per heavy atom. The normalized spacial score (nSPS) is 20.8. The molecular formula is C15H23NO. The molecule has 1 fully saturated rings. The summed E-state index contributed by atoms with van der Waals surface area (Å²) in [6.07, 6.45) is 1.13. The standard InChI is InChI=1S/C15H23NO/c1-10-5-6-12(15(2,3)4)14(17)13(10)11-7-8-16-9-11/h5-6,11,16-17H,7-9H2,1-4H3. The number of phenolic OH excluding ortho intramolecular Hbond substituents is 1. The minimum Gasteiger partial charge on any atom is -0.507 e. The van der Waals surface area contributed by atoms with Crippen molar-refractivity contribution in [2.24, 2.45) is 0 Å². The molecule has 0 spiro atoms. The monoisotopic (exact) mass is 233 g/mol. The van der Waals surface area contributed by atoms with Crippen molar-refractivity contribution >= 4 is 0 Å². The van der Waals surface area contributed by atoms with E-state index in [9.17, 15) is 5.11 Å². The molecule has 0 bridgehead atoms. The van der Waals surface area contributed by atoms with Gasteiger partial charge in [0.25, 0.3) is 0 Å². The molecule has 1 aliphatic rings. The molecule has 1 saturated heterocycles. The van der Waals surface area contributed by atoms with Gasteiger partial charge in [-0.15, -0.1) is 0 Å². The first kappa shape index (κ1) is 12.4. The third-order valence-corrected chi connectivity index (χ3v) is 3.71.